The predicted octanol–water partition coefficient (Wildman–Crippen LogP) is 3.35. The van der Waals surface area contributed by atoms with E-state index in [1.54, 1.807) is 0 Å². The van der Waals surface area contributed by atoms with Crippen molar-refractivity contribution in [3.05, 3.63) is 0 Å². The highest BCUT2D eigenvalue weighted by molar-refractivity contribution is 5.85. The van der Waals surface area contributed by atoms with Crippen molar-refractivity contribution in [3.8, 4) is 0 Å². The van der Waals surface area contributed by atoms with Crippen LogP contribution in [-0.4, -0.2) is 54.3 Å². The molecule has 0 aromatic rings. The van der Waals surface area contributed by atoms with Gasteiger partial charge in [-0.1, -0.05) is 34.6 Å². The zero-order chi connectivity index (χ0) is 14.0. The van der Waals surface area contributed by atoms with Gasteiger partial charge in [0.2, 0.25) is 0 Å². The number of nitrogens with zero attached hydrogens (tertiary/aromatic N) is 4. The van der Waals surface area contributed by atoms with Crippen LogP contribution in [0.25, 0.3) is 0 Å². The van der Waals surface area contributed by atoms with Crippen LogP contribution in [0.1, 0.15) is 48.0 Å². The third-order valence-corrected chi connectivity index (χ3v) is 3.47. The largest absolute Gasteiger partial charge is 0.267 e. The van der Waals surface area contributed by atoms with Crippen molar-refractivity contribution in [1.29, 1.82) is 0 Å². The molecule has 114 valence electrons. The van der Waals surface area contributed by atoms with Gasteiger partial charge in [-0.2, -0.15) is 4.99 Å². The zero-order valence-corrected chi connectivity index (χ0v) is 14.3. The van der Waals surface area contributed by atoms with E-state index in [1.165, 1.54) is 0 Å². The maximum atomic E-state index is 4.68. The second kappa shape index (κ2) is 11.4. The first kappa shape index (κ1) is 20.9. The summed E-state index contributed by atoms with van der Waals surface area (Å²) in [5, 5.41) is 0. The fraction of sp³-hybridized carbons (Fsp3) is 0.929. The van der Waals surface area contributed by atoms with Gasteiger partial charge >= 0.3 is 0 Å². The highest BCUT2D eigenvalue weighted by Crippen LogP contribution is 2.25. The number of halogens is 1. The molecule has 0 amide bonds. The topological polar surface area (TPSA) is 31.2 Å². The monoisotopic (exact) mass is 290 g/mol. The highest BCUT2D eigenvalue weighted by Gasteiger charge is 2.37. The average Bonchev–Trinajstić information content (AvgIpc) is 2.40. The first-order valence-corrected chi connectivity index (χ1v) is 7.30. The van der Waals surface area contributed by atoms with Crippen molar-refractivity contribution in [2.24, 2.45) is 9.98 Å². The summed E-state index contributed by atoms with van der Waals surface area (Å²) in [5.74, 6) is -0.286. The van der Waals surface area contributed by atoms with Crippen LogP contribution in [-0.2, 0) is 0 Å². The highest BCUT2D eigenvalue weighted by atomic mass is 35.5. The number of aliphatic imine (C=N–C) groups is 2. The van der Waals surface area contributed by atoms with Crippen LogP contribution in [0.5, 0.6) is 0 Å². The minimum Gasteiger partial charge on any atom is -0.267 e. The standard InChI is InChI=1S/C14H30N4.ClH/c1-7-14(16-13-15-8-2,17(9-3)10-4)18(11-5)12-6;/h7-12H2,1-6H3;1H. The van der Waals surface area contributed by atoms with E-state index in [1.807, 2.05) is 6.92 Å². The van der Waals surface area contributed by atoms with E-state index in [2.05, 4.69) is 60.4 Å². The van der Waals surface area contributed by atoms with E-state index in [-0.39, 0.29) is 18.2 Å². The molecule has 0 N–H and O–H groups in total. The molecule has 0 saturated carbocycles. The van der Waals surface area contributed by atoms with Gasteiger partial charge in [0, 0.05) is 6.54 Å². The molecule has 0 unspecified atom stereocenters. The number of hydrogen-bond acceptors (Lipinski definition) is 4. The Hall–Kier alpha value is -0.410. The minimum atomic E-state index is -0.286. The first-order chi connectivity index (χ1) is 8.66. The Morgan fingerprint density at radius 1 is 0.842 bits per heavy atom. The summed E-state index contributed by atoms with van der Waals surface area (Å²) < 4.78 is 0. The lowest BCUT2D eigenvalue weighted by atomic mass is 10.1. The summed E-state index contributed by atoms with van der Waals surface area (Å²) in [7, 11) is 0. The second-order valence-corrected chi connectivity index (χ2v) is 4.16. The van der Waals surface area contributed by atoms with Gasteiger partial charge in [0.1, 0.15) is 0 Å². The molecule has 0 fully saturated rings. The van der Waals surface area contributed by atoms with Crippen LogP contribution >= 0.6 is 12.4 Å². The van der Waals surface area contributed by atoms with Gasteiger partial charge in [-0.15, -0.1) is 12.4 Å². The normalized spacial score (nSPS) is 11.2. The summed E-state index contributed by atoms with van der Waals surface area (Å²) in [6.45, 7) is 17.6. The third-order valence-electron chi connectivity index (χ3n) is 3.47. The maximum Gasteiger partial charge on any atom is 0.179 e. The van der Waals surface area contributed by atoms with Gasteiger partial charge in [0.05, 0.1) is 6.01 Å². The zero-order valence-electron chi connectivity index (χ0n) is 13.4. The van der Waals surface area contributed by atoms with Crippen LogP contribution in [0.3, 0.4) is 0 Å². The fourth-order valence-corrected chi connectivity index (χ4v) is 2.51. The fourth-order valence-electron chi connectivity index (χ4n) is 2.51. The second-order valence-electron chi connectivity index (χ2n) is 4.16. The Labute approximate surface area is 125 Å². The molecule has 0 aliphatic rings. The smallest absolute Gasteiger partial charge is 0.179 e. The van der Waals surface area contributed by atoms with Crippen LogP contribution in [0.4, 0.5) is 0 Å². The minimum absolute atomic E-state index is 0. The lowest BCUT2D eigenvalue weighted by molar-refractivity contribution is -0.0461. The molecule has 0 aromatic carbocycles. The van der Waals surface area contributed by atoms with Crippen molar-refractivity contribution in [1.82, 2.24) is 9.80 Å². The van der Waals surface area contributed by atoms with Crippen LogP contribution in [0.15, 0.2) is 9.98 Å². The van der Waals surface area contributed by atoms with E-state index >= 15 is 0 Å². The van der Waals surface area contributed by atoms with Crippen LogP contribution < -0.4 is 0 Å². The Balaban J connectivity index is 0. The van der Waals surface area contributed by atoms with Crippen LogP contribution in [0, 0.1) is 0 Å². The van der Waals surface area contributed by atoms with Gasteiger partial charge in [-0.05, 0) is 39.5 Å². The van der Waals surface area contributed by atoms with Crippen molar-refractivity contribution in [2.45, 2.75) is 53.8 Å². The predicted molar refractivity (Wildman–Crippen MR) is 86.5 cm³/mol. The molecule has 0 saturated heterocycles. The Bertz CT molecular complexity index is 255. The maximum absolute atomic E-state index is 4.68. The van der Waals surface area contributed by atoms with Crippen molar-refractivity contribution in [2.75, 3.05) is 32.7 Å². The van der Waals surface area contributed by atoms with E-state index in [0.29, 0.717) is 0 Å². The van der Waals surface area contributed by atoms with Crippen LogP contribution in [0.2, 0.25) is 0 Å². The Morgan fingerprint density at radius 2 is 1.26 bits per heavy atom. The quantitative estimate of drug-likeness (QED) is 0.482. The van der Waals surface area contributed by atoms with E-state index in [9.17, 15) is 0 Å². The summed E-state index contributed by atoms with van der Waals surface area (Å²) in [6, 6.07) is 2.89. The summed E-state index contributed by atoms with van der Waals surface area (Å²) in [6.07, 6.45) is 0.947. The van der Waals surface area contributed by atoms with Gasteiger partial charge in [-0.3, -0.25) is 9.80 Å². The number of rotatable bonds is 9. The summed E-state index contributed by atoms with van der Waals surface area (Å²) >= 11 is 0. The number of hydrogen-bond donors (Lipinski definition) is 0. The lowest BCUT2D eigenvalue weighted by Gasteiger charge is -2.45. The molecule has 0 rings (SSSR count). The van der Waals surface area contributed by atoms with Gasteiger partial charge in [0.25, 0.3) is 0 Å². The molecule has 0 bridgehead atoms. The summed E-state index contributed by atoms with van der Waals surface area (Å²) in [5.41, 5.74) is 0. The first-order valence-electron chi connectivity index (χ1n) is 7.30. The van der Waals surface area contributed by atoms with Gasteiger partial charge in [-0.25, -0.2) is 4.99 Å². The van der Waals surface area contributed by atoms with E-state index in [4.69, 9.17) is 0 Å². The molecule has 0 spiro atoms. The molecule has 0 atom stereocenters. The summed E-state index contributed by atoms with van der Waals surface area (Å²) in [4.78, 5) is 13.6. The van der Waals surface area contributed by atoms with Crippen molar-refractivity contribution in [3.63, 3.8) is 0 Å². The molecule has 4 nitrogen and oxygen atoms in total. The molecule has 19 heavy (non-hydrogen) atoms. The third kappa shape index (κ3) is 5.23. The molecular formula is C14H31ClN4. The van der Waals surface area contributed by atoms with E-state index < -0.39 is 0 Å². The Kier molecular flexibility index (Phi) is 12.6. The molecule has 0 radical (unpaired) electrons. The molecule has 5 heteroatoms. The Morgan fingerprint density at radius 3 is 1.53 bits per heavy atom. The molecule has 0 aliphatic heterocycles. The lowest BCUT2D eigenvalue weighted by Crippen LogP contribution is -2.59. The van der Waals surface area contributed by atoms with Gasteiger partial charge < -0.3 is 0 Å². The van der Waals surface area contributed by atoms with E-state index in [0.717, 1.165) is 39.1 Å². The molecule has 0 aliphatic carbocycles. The molecular weight excluding hydrogens is 260 g/mol. The SMILES string of the molecule is CCN=C=NC(CC)(N(CC)CC)N(CC)CC.Cl. The molecule has 0 heterocycles. The van der Waals surface area contributed by atoms with Crippen molar-refractivity contribution < 1.29 is 0 Å². The molecule has 0 aromatic heterocycles. The average molecular weight is 291 g/mol. The van der Waals surface area contributed by atoms with Crippen molar-refractivity contribution >= 4 is 18.4 Å². The van der Waals surface area contributed by atoms with Gasteiger partial charge in [0.15, 0.2) is 5.79 Å².